The first kappa shape index (κ1) is 13.9. The van der Waals surface area contributed by atoms with Crippen molar-refractivity contribution < 1.29 is 18.4 Å². The lowest BCUT2D eigenvalue weighted by Gasteiger charge is -2.19. The van der Waals surface area contributed by atoms with Crippen molar-refractivity contribution in [3.05, 3.63) is 47.5 Å². The predicted molar refractivity (Wildman–Crippen MR) is 65.5 cm³/mol. The monoisotopic (exact) mass is 276 g/mol. The van der Waals surface area contributed by atoms with Gasteiger partial charge in [0.05, 0.1) is 6.07 Å². The number of nitrogens with zero attached hydrogens (tertiary/aromatic N) is 1. The molecule has 102 valence electrons. The number of nitrogens with one attached hydrogen (secondary N) is 1. The van der Waals surface area contributed by atoms with Crippen LogP contribution in [0.25, 0.3) is 0 Å². The maximum Gasteiger partial charge on any atom is 0.258 e. The molecule has 0 saturated carbocycles. The summed E-state index contributed by atoms with van der Waals surface area (Å²) in [5.41, 5.74) is -0.801. The second-order valence-corrected chi connectivity index (χ2v) is 4.30. The molecule has 0 radical (unpaired) electrons. The molecule has 1 aliphatic rings. The van der Waals surface area contributed by atoms with E-state index in [2.05, 4.69) is 5.32 Å². The molecule has 0 aromatic heterocycles. The van der Waals surface area contributed by atoms with Gasteiger partial charge in [0.25, 0.3) is 5.91 Å². The number of allylic oxidation sites excluding steroid dienone is 2. The molecule has 0 bridgehead atoms. The summed E-state index contributed by atoms with van der Waals surface area (Å²) in [5.74, 6) is -4.13. The molecule has 2 unspecified atom stereocenters. The molecule has 2 atom stereocenters. The Morgan fingerprint density at radius 1 is 1.35 bits per heavy atom. The molecule has 0 spiro atoms. The maximum atomic E-state index is 13.4. The third-order valence-corrected chi connectivity index (χ3v) is 3.00. The molecule has 0 fully saturated rings. The number of nitriles is 1. The smallest absolute Gasteiger partial charge is 0.258 e. The highest BCUT2D eigenvalue weighted by Gasteiger charge is 2.30. The van der Waals surface area contributed by atoms with E-state index in [1.54, 1.807) is 18.2 Å². The topological polar surface area (TPSA) is 70.0 Å². The van der Waals surface area contributed by atoms with E-state index >= 15 is 0 Å². The molecule has 1 aromatic carbocycles. The summed E-state index contributed by atoms with van der Waals surface area (Å²) in [5, 5.41) is 11.0. The largest absolute Gasteiger partial charge is 0.330 e. The summed E-state index contributed by atoms with van der Waals surface area (Å²) in [7, 11) is 0. The number of hydrogen-bond donors (Lipinski definition) is 1. The van der Waals surface area contributed by atoms with E-state index in [0.717, 1.165) is 18.2 Å². The Kier molecular flexibility index (Phi) is 3.89. The number of rotatable bonds is 4. The zero-order valence-corrected chi connectivity index (χ0v) is 10.3. The predicted octanol–water partition coefficient (Wildman–Crippen LogP) is 1.73. The minimum absolute atomic E-state index is 0.426. The fraction of sp³-hybridized carbons (Fsp3) is 0.214. The van der Waals surface area contributed by atoms with Crippen molar-refractivity contribution in [2.45, 2.75) is 12.5 Å². The Balaban J connectivity index is 2.16. The zero-order valence-electron chi connectivity index (χ0n) is 10.3. The summed E-state index contributed by atoms with van der Waals surface area (Å²) in [6, 6.07) is 3.18. The number of amides is 1. The Labute approximate surface area is 113 Å². The Morgan fingerprint density at radius 2 is 1.95 bits per heavy atom. The normalized spacial score (nSPS) is 17.8. The Morgan fingerprint density at radius 3 is 2.40 bits per heavy atom. The van der Waals surface area contributed by atoms with Crippen LogP contribution in [-0.2, 0) is 4.79 Å². The highest BCUT2D eigenvalue weighted by Crippen LogP contribution is 2.19. The van der Waals surface area contributed by atoms with Gasteiger partial charge in [0.1, 0.15) is 17.2 Å². The van der Waals surface area contributed by atoms with Gasteiger partial charge in [-0.1, -0.05) is 18.2 Å². The van der Waals surface area contributed by atoms with Crippen LogP contribution in [0.3, 0.4) is 0 Å². The van der Waals surface area contributed by atoms with Gasteiger partial charge in [0, 0.05) is 5.92 Å². The van der Waals surface area contributed by atoms with E-state index in [-0.39, 0.29) is 0 Å². The van der Waals surface area contributed by atoms with E-state index in [0.29, 0.717) is 6.42 Å². The molecule has 1 N–H and O–H groups in total. The molecule has 1 aromatic rings. The van der Waals surface area contributed by atoms with Crippen LogP contribution < -0.4 is 5.32 Å². The maximum absolute atomic E-state index is 13.4. The van der Waals surface area contributed by atoms with Crippen molar-refractivity contribution in [1.29, 1.82) is 5.26 Å². The van der Waals surface area contributed by atoms with Crippen LogP contribution in [0.2, 0.25) is 0 Å². The molecular weight excluding hydrogens is 266 g/mol. The number of benzene rings is 1. The number of hydrogen-bond acceptors (Lipinski definition) is 3. The van der Waals surface area contributed by atoms with Gasteiger partial charge in [-0.05, 0) is 18.6 Å². The SMILES string of the molecule is N#CC(NC(=O)c1c(F)cccc1F)C(=O)C1C=CC1. The van der Waals surface area contributed by atoms with Gasteiger partial charge in [-0.2, -0.15) is 5.26 Å². The standard InChI is InChI=1S/C14H10F2N2O2/c15-9-5-2-6-10(16)12(9)14(20)18-11(7-17)13(19)8-3-1-4-8/h1-3,5-6,8,11H,4H2,(H,18,20). The average molecular weight is 276 g/mol. The average Bonchev–Trinajstić information content (AvgIpc) is 2.33. The molecule has 6 heteroatoms. The van der Waals surface area contributed by atoms with E-state index in [1.165, 1.54) is 0 Å². The summed E-state index contributed by atoms with van der Waals surface area (Å²) in [6.45, 7) is 0. The molecule has 0 saturated heterocycles. The number of halogens is 2. The molecule has 0 aliphatic heterocycles. The number of carbonyl (C=O) groups is 2. The molecule has 1 amide bonds. The minimum Gasteiger partial charge on any atom is -0.330 e. The summed E-state index contributed by atoms with van der Waals surface area (Å²) in [4.78, 5) is 23.6. The summed E-state index contributed by atoms with van der Waals surface area (Å²) < 4.78 is 26.8. The van der Waals surface area contributed by atoms with E-state index in [9.17, 15) is 18.4 Å². The van der Waals surface area contributed by atoms with Crippen molar-refractivity contribution in [3.63, 3.8) is 0 Å². The first-order chi connectivity index (χ1) is 9.54. The minimum atomic E-state index is -1.42. The molecule has 0 heterocycles. The van der Waals surface area contributed by atoms with Crippen LogP contribution in [0.15, 0.2) is 30.4 Å². The summed E-state index contributed by atoms with van der Waals surface area (Å²) in [6.07, 6.45) is 3.87. The van der Waals surface area contributed by atoms with Crippen LogP contribution in [0, 0.1) is 28.9 Å². The third-order valence-electron chi connectivity index (χ3n) is 3.00. The molecular formula is C14H10F2N2O2. The number of carbonyl (C=O) groups excluding carboxylic acids is 2. The van der Waals surface area contributed by atoms with Gasteiger partial charge < -0.3 is 5.32 Å². The van der Waals surface area contributed by atoms with Crippen molar-refractivity contribution in [2.24, 2.45) is 5.92 Å². The van der Waals surface area contributed by atoms with Crippen LogP contribution in [-0.4, -0.2) is 17.7 Å². The van der Waals surface area contributed by atoms with E-state index in [4.69, 9.17) is 5.26 Å². The molecule has 2 rings (SSSR count). The molecule has 1 aliphatic carbocycles. The third kappa shape index (κ3) is 2.57. The van der Waals surface area contributed by atoms with Crippen molar-refractivity contribution in [3.8, 4) is 6.07 Å². The van der Waals surface area contributed by atoms with Gasteiger partial charge in [0.15, 0.2) is 11.8 Å². The lowest BCUT2D eigenvalue weighted by atomic mass is 9.87. The van der Waals surface area contributed by atoms with Gasteiger partial charge in [-0.15, -0.1) is 0 Å². The van der Waals surface area contributed by atoms with Crippen LogP contribution >= 0.6 is 0 Å². The lowest BCUT2D eigenvalue weighted by molar-refractivity contribution is -0.122. The first-order valence-electron chi connectivity index (χ1n) is 5.89. The quantitative estimate of drug-likeness (QED) is 0.851. The second kappa shape index (κ2) is 5.61. The Bertz CT molecular complexity index is 614. The van der Waals surface area contributed by atoms with E-state index < -0.39 is 40.8 Å². The van der Waals surface area contributed by atoms with Gasteiger partial charge in [0.2, 0.25) is 0 Å². The fourth-order valence-corrected chi connectivity index (χ4v) is 1.78. The zero-order chi connectivity index (χ0) is 14.7. The highest BCUT2D eigenvalue weighted by molar-refractivity contribution is 6.00. The van der Waals surface area contributed by atoms with Crippen LogP contribution in [0.4, 0.5) is 8.78 Å². The summed E-state index contributed by atoms with van der Waals surface area (Å²) >= 11 is 0. The van der Waals surface area contributed by atoms with Gasteiger partial charge in [-0.3, -0.25) is 9.59 Å². The van der Waals surface area contributed by atoms with Crippen LogP contribution in [0.1, 0.15) is 16.8 Å². The van der Waals surface area contributed by atoms with Gasteiger partial charge >= 0.3 is 0 Å². The van der Waals surface area contributed by atoms with E-state index in [1.807, 2.05) is 0 Å². The van der Waals surface area contributed by atoms with Crippen molar-refractivity contribution in [2.75, 3.05) is 0 Å². The number of ketones is 1. The first-order valence-corrected chi connectivity index (χ1v) is 5.89. The van der Waals surface area contributed by atoms with Crippen molar-refractivity contribution in [1.82, 2.24) is 5.32 Å². The molecule has 20 heavy (non-hydrogen) atoms. The molecule has 4 nitrogen and oxygen atoms in total. The number of Topliss-reactive ketones (excluding diaryl/α,β-unsaturated/α-hetero) is 1. The van der Waals surface area contributed by atoms with Crippen molar-refractivity contribution >= 4 is 11.7 Å². The van der Waals surface area contributed by atoms with Crippen LogP contribution in [0.5, 0.6) is 0 Å². The van der Waals surface area contributed by atoms with Gasteiger partial charge in [-0.25, -0.2) is 8.78 Å². The second-order valence-electron chi connectivity index (χ2n) is 4.30. The Hall–Kier alpha value is -2.55. The lowest BCUT2D eigenvalue weighted by Crippen LogP contribution is -2.43. The highest BCUT2D eigenvalue weighted by atomic mass is 19.1. The fourth-order valence-electron chi connectivity index (χ4n) is 1.78.